The Kier molecular flexibility index (Phi) is 6.55. The maximum atomic E-state index is 13.3. The van der Waals surface area contributed by atoms with Crippen LogP contribution in [0.15, 0.2) is 48.7 Å². The molecular weight excluding hydrogens is 448 g/mol. The number of hydrogen-bond acceptors (Lipinski definition) is 7. The van der Waals surface area contributed by atoms with Crippen LogP contribution >= 0.6 is 11.3 Å². The summed E-state index contributed by atoms with van der Waals surface area (Å²) in [5, 5.41) is 4.06. The number of hydrogen-bond donors (Lipinski definition) is 1. The van der Waals surface area contributed by atoms with Crippen molar-refractivity contribution in [2.75, 3.05) is 25.0 Å². The van der Waals surface area contributed by atoms with Gasteiger partial charge in [-0.2, -0.15) is 0 Å². The van der Waals surface area contributed by atoms with Crippen LogP contribution in [0.1, 0.15) is 35.8 Å². The molecule has 9 heteroatoms. The molecule has 1 saturated heterocycles. The van der Waals surface area contributed by atoms with E-state index in [0.29, 0.717) is 25.5 Å². The fourth-order valence-electron chi connectivity index (χ4n) is 4.23. The van der Waals surface area contributed by atoms with Gasteiger partial charge in [0, 0.05) is 24.0 Å². The van der Waals surface area contributed by atoms with Gasteiger partial charge in [0.2, 0.25) is 5.91 Å². The minimum Gasteiger partial charge on any atom is -0.368 e. The number of thiazole rings is 1. The summed E-state index contributed by atoms with van der Waals surface area (Å²) in [6.45, 7) is 5.95. The van der Waals surface area contributed by atoms with Crippen LogP contribution in [0.3, 0.4) is 0 Å². The zero-order chi connectivity index (χ0) is 23.5. The summed E-state index contributed by atoms with van der Waals surface area (Å²) in [6.07, 6.45) is 3.39. The summed E-state index contributed by atoms with van der Waals surface area (Å²) in [6, 6.07) is 13.8. The molecule has 0 bridgehead atoms. The number of nitrogens with zero attached hydrogens (tertiary/aromatic N) is 5. The lowest BCUT2D eigenvalue weighted by Crippen LogP contribution is -2.44. The third kappa shape index (κ3) is 4.80. The summed E-state index contributed by atoms with van der Waals surface area (Å²) in [5.74, 6) is 1.74. The number of aromatic nitrogens is 4. The molecule has 3 aromatic heterocycles. The number of amides is 1. The molecule has 8 nitrogen and oxygen atoms in total. The van der Waals surface area contributed by atoms with E-state index in [9.17, 15) is 4.79 Å². The molecule has 1 aliphatic rings. The average Bonchev–Trinajstić information content (AvgIpc) is 3.42. The van der Waals surface area contributed by atoms with Gasteiger partial charge in [-0.15, -0.1) is 11.3 Å². The summed E-state index contributed by atoms with van der Waals surface area (Å²) >= 11 is 1.58. The third-order valence-electron chi connectivity index (χ3n) is 5.88. The maximum absolute atomic E-state index is 13.3. The van der Waals surface area contributed by atoms with Crippen LogP contribution in [0.5, 0.6) is 0 Å². The van der Waals surface area contributed by atoms with Crippen molar-refractivity contribution < 1.29 is 9.53 Å². The van der Waals surface area contributed by atoms with E-state index in [0.717, 1.165) is 45.4 Å². The van der Waals surface area contributed by atoms with Crippen LogP contribution in [-0.4, -0.2) is 50.0 Å². The number of anilines is 2. The number of rotatable bonds is 7. The van der Waals surface area contributed by atoms with Crippen molar-refractivity contribution in [1.82, 2.24) is 24.4 Å². The number of pyridine rings is 1. The molecule has 1 aromatic carbocycles. The van der Waals surface area contributed by atoms with Crippen LogP contribution in [0.4, 0.5) is 10.9 Å². The SMILES string of the molecule is CCCc1nc2ccccc2n1CC(=O)N1CCOC(c2cccc(Nc3ncc(C)s3)n2)C1. The number of carbonyl (C=O) groups is 1. The molecule has 4 heterocycles. The van der Waals surface area contributed by atoms with E-state index < -0.39 is 0 Å². The second-order valence-electron chi connectivity index (χ2n) is 8.40. The summed E-state index contributed by atoms with van der Waals surface area (Å²) < 4.78 is 8.07. The van der Waals surface area contributed by atoms with Crippen LogP contribution in [-0.2, 0) is 22.5 Å². The fraction of sp³-hybridized carbons (Fsp3) is 0.360. The first kappa shape index (κ1) is 22.5. The second-order valence-corrected chi connectivity index (χ2v) is 9.64. The molecule has 5 rings (SSSR count). The van der Waals surface area contributed by atoms with E-state index in [2.05, 4.69) is 21.8 Å². The van der Waals surface area contributed by atoms with Crippen molar-refractivity contribution in [2.45, 2.75) is 39.3 Å². The smallest absolute Gasteiger partial charge is 0.242 e. The number of para-hydroxylation sites is 2. The lowest BCUT2D eigenvalue weighted by molar-refractivity contribution is -0.139. The van der Waals surface area contributed by atoms with Crippen molar-refractivity contribution in [3.63, 3.8) is 0 Å². The topological polar surface area (TPSA) is 85.2 Å². The average molecular weight is 477 g/mol. The Labute approximate surface area is 202 Å². The monoisotopic (exact) mass is 476 g/mol. The van der Waals surface area contributed by atoms with Crippen LogP contribution in [0.25, 0.3) is 11.0 Å². The first-order valence-electron chi connectivity index (χ1n) is 11.6. The largest absolute Gasteiger partial charge is 0.368 e. The lowest BCUT2D eigenvalue weighted by atomic mass is 10.2. The van der Waals surface area contributed by atoms with Gasteiger partial charge in [0.25, 0.3) is 0 Å². The van der Waals surface area contributed by atoms with Gasteiger partial charge < -0.3 is 19.5 Å². The predicted octanol–water partition coefficient (Wildman–Crippen LogP) is 4.49. The molecule has 1 fully saturated rings. The number of benzene rings is 1. The number of fused-ring (bicyclic) bond motifs is 1. The predicted molar refractivity (Wildman–Crippen MR) is 133 cm³/mol. The molecule has 1 aliphatic heterocycles. The molecule has 0 spiro atoms. The Bertz CT molecular complexity index is 1300. The van der Waals surface area contributed by atoms with Gasteiger partial charge in [0.15, 0.2) is 5.13 Å². The van der Waals surface area contributed by atoms with Crippen molar-refractivity contribution >= 4 is 39.2 Å². The van der Waals surface area contributed by atoms with Gasteiger partial charge in [0.05, 0.1) is 29.9 Å². The Morgan fingerprint density at radius 1 is 1.21 bits per heavy atom. The van der Waals surface area contributed by atoms with Crippen molar-refractivity contribution in [3.05, 3.63) is 65.1 Å². The zero-order valence-electron chi connectivity index (χ0n) is 19.4. The Balaban J connectivity index is 1.30. The van der Waals surface area contributed by atoms with Crippen molar-refractivity contribution in [2.24, 2.45) is 0 Å². The van der Waals surface area contributed by atoms with Crippen LogP contribution in [0, 0.1) is 6.92 Å². The third-order valence-corrected chi connectivity index (χ3v) is 6.70. The summed E-state index contributed by atoms with van der Waals surface area (Å²) in [4.78, 5) is 30.2. The van der Waals surface area contributed by atoms with Gasteiger partial charge in [0.1, 0.15) is 24.3 Å². The molecule has 0 aliphatic carbocycles. The first-order valence-corrected chi connectivity index (χ1v) is 12.4. The second kappa shape index (κ2) is 9.90. The maximum Gasteiger partial charge on any atom is 0.242 e. The van der Waals surface area contributed by atoms with Crippen LogP contribution in [0.2, 0.25) is 0 Å². The lowest BCUT2D eigenvalue weighted by Gasteiger charge is -2.33. The summed E-state index contributed by atoms with van der Waals surface area (Å²) in [7, 11) is 0. The van der Waals surface area contributed by atoms with E-state index in [4.69, 9.17) is 14.7 Å². The number of imidazole rings is 1. The molecule has 1 unspecified atom stereocenters. The van der Waals surface area contributed by atoms with E-state index in [1.807, 2.05) is 60.5 Å². The van der Waals surface area contributed by atoms with Gasteiger partial charge in [-0.3, -0.25) is 4.79 Å². The molecule has 176 valence electrons. The number of carbonyl (C=O) groups excluding carboxylic acids is 1. The number of ether oxygens (including phenoxy) is 1. The van der Waals surface area contributed by atoms with Gasteiger partial charge in [-0.25, -0.2) is 15.0 Å². The fourth-order valence-corrected chi connectivity index (χ4v) is 4.90. The van der Waals surface area contributed by atoms with E-state index in [1.165, 1.54) is 0 Å². The Hall–Kier alpha value is -3.30. The Morgan fingerprint density at radius 2 is 2.09 bits per heavy atom. The minimum absolute atomic E-state index is 0.0707. The number of aryl methyl sites for hydroxylation is 2. The van der Waals surface area contributed by atoms with Crippen molar-refractivity contribution in [3.8, 4) is 0 Å². The quantitative estimate of drug-likeness (QED) is 0.423. The highest BCUT2D eigenvalue weighted by molar-refractivity contribution is 7.15. The molecular formula is C25H28N6O2S. The van der Waals surface area contributed by atoms with Gasteiger partial charge in [-0.1, -0.05) is 25.1 Å². The van der Waals surface area contributed by atoms with Crippen LogP contribution < -0.4 is 5.32 Å². The highest BCUT2D eigenvalue weighted by atomic mass is 32.1. The highest BCUT2D eigenvalue weighted by Crippen LogP contribution is 2.25. The molecule has 1 atom stereocenters. The van der Waals surface area contributed by atoms with Gasteiger partial charge in [-0.05, 0) is 37.6 Å². The van der Waals surface area contributed by atoms with Crippen molar-refractivity contribution in [1.29, 1.82) is 0 Å². The molecule has 0 saturated carbocycles. The van der Waals surface area contributed by atoms with E-state index in [-0.39, 0.29) is 18.6 Å². The molecule has 1 amide bonds. The normalized spacial score (nSPS) is 16.2. The molecule has 1 N–H and O–H groups in total. The number of morpholine rings is 1. The van der Waals surface area contributed by atoms with E-state index >= 15 is 0 Å². The van der Waals surface area contributed by atoms with E-state index in [1.54, 1.807) is 11.3 Å². The Morgan fingerprint density at radius 3 is 2.91 bits per heavy atom. The standard InChI is InChI=1S/C25H28N6O2S/c1-3-7-23-28-18-8-4-5-10-20(18)31(23)16-24(32)30-12-13-33-21(15-30)19-9-6-11-22(27-19)29-25-26-14-17(2)34-25/h4-6,8-11,14,21H,3,7,12-13,15-16H2,1-2H3,(H,26,27,29). The zero-order valence-corrected chi connectivity index (χ0v) is 20.2. The summed E-state index contributed by atoms with van der Waals surface area (Å²) in [5.41, 5.74) is 2.74. The highest BCUT2D eigenvalue weighted by Gasteiger charge is 2.27. The minimum atomic E-state index is -0.271. The first-order chi connectivity index (χ1) is 16.6. The molecule has 4 aromatic rings. The number of nitrogens with one attached hydrogen (secondary N) is 1. The molecule has 34 heavy (non-hydrogen) atoms. The molecule has 0 radical (unpaired) electrons. The van der Waals surface area contributed by atoms with Gasteiger partial charge >= 0.3 is 0 Å².